The maximum atomic E-state index is 12.6. The molecule has 1 aromatic heterocycles. The van der Waals surface area contributed by atoms with E-state index in [1.165, 1.54) is 22.0 Å². The van der Waals surface area contributed by atoms with Gasteiger partial charge in [-0.15, -0.1) is 0 Å². The third-order valence-electron chi connectivity index (χ3n) is 6.20. The van der Waals surface area contributed by atoms with E-state index in [-0.39, 0.29) is 12.4 Å². The van der Waals surface area contributed by atoms with Crippen LogP contribution in [0.1, 0.15) is 56.4 Å². The molecule has 2 atom stereocenters. The van der Waals surface area contributed by atoms with Gasteiger partial charge in [-0.05, 0) is 49.8 Å². The van der Waals surface area contributed by atoms with Crippen LogP contribution in [0.2, 0.25) is 0 Å². The van der Waals surface area contributed by atoms with Gasteiger partial charge in [0, 0.05) is 16.9 Å². The lowest BCUT2D eigenvalue weighted by Gasteiger charge is -2.36. The molecule has 0 radical (unpaired) electrons. The molecule has 0 spiro atoms. The molecular formula is C22H30N2O3. The summed E-state index contributed by atoms with van der Waals surface area (Å²) in [5, 5.41) is 4.64. The molecular weight excluding hydrogens is 340 g/mol. The second-order valence-corrected chi connectivity index (χ2v) is 7.77. The van der Waals surface area contributed by atoms with Crippen molar-refractivity contribution >= 4 is 16.9 Å². The Balaban J connectivity index is 1.60. The van der Waals surface area contributed by atoms with E-state index in [1.807, 2.05) is 0 Å². The van der Waals surface area contributed by atoms with Crippen molar-refractivity contribution in [1.29, 1.82) is 0 Å². The standard InChI is InChI=1S/C22H30N2O3/c1-3-15-7-5-9-17-18-10-12-27-22(4-2,21(18)24-20(15)17)13-19(25)26-14-16-8-6-11-23-16/h5,7,9,16,23-24H,3-4,6,8,10-14H2,1-2H3. The predicted octanol–water partition coefficient (Wildman–Crippen LogP) is 3.59. The number of benzene rings is 1. The second-order valence-electron chi connectivity index (χ2n) is 7.77. The van der Waals surface area contributed by atoms with Crippen molar-refractivity contribution < 1.29 is 14.3 Å². The molecule has 1 aromatic carbocycles. The van der Waals surface area contributed by atoms with Crippen LogP contribution in [0.15, 0.2) is 18.2 Å². The molecule has 2 N–H and O–H groups in total. The van der Waals surface area contributed by atoms with Gasteiger partial charge in [0.15, 0.2) is 0 Å². The zero-order chi connectivity index (χ0) is 18.9. The second kappa shape index (κ2) is 7.64. The number of carbonyl (C=O) groups is 1. The Bertz CT molecular complexity index is 822. The zero-order valence-corrected chi connectivity index (χ0v) is 16.4. The molecule has 3 heterocycles. The van der Waals surface area contributed by atoms with Gasteiger partial charge < -0.3 is 19.8 Å². The number of aromatic nitrogens is 1. The smallest absolute Gasteiger partial charge is 0.309 e. The Kier molecular flexibility index (Phi) is 5.24. The minimum atomic E-state index is -0.613. The Labute approximate surface area is 160 Å². The SMILES string of the molecule is CCc1cccc2c3c([nH]c12)C(CC)(CC(=O)OCC1CCCN1)OCC3. The van der Waals surface area contributed by atoms with E-state index in [1.54, 1.807) is 0 Å². The fourth-order valence-electron chi connectivity index (χ4n) is 4.62. The molecule has 0 amide bonds. The number of hydrogen-bond donors (Lipinski definition) is 2. The molecule has 5 heteroatoms. The van der Waals surface area contributed by atoms with Crippen LogP contribution in [-0.2, 0) is 32.7 Å². The number of hydrogen-bond acceptors (Lipinski definition) is 4. The molecule has 1 saturated heterocycles. The number of esters is 1. The molecule has 1 fully saturated rings. The highest BCUT2D eigenvalue weighted by Crippen LogP contribution is 2.42. The number of rotatable bonds is 6. The van der Waals surface area contributed by atoms with E-state index in [2.05, 4.69) is 42.3 Å². The lowest BCUT2D eigenvalue weighted by molar-refractivity contribution is -0.155. The highest BCUT2D eigenvalue weighted by Gasteiger charge is 2.41. The summed E-state index contributed by atoms with van der Waals surface area (Å²) in [5.41, 5.74) is 4.26. The van der Waals surface area contributed by atoms with Crippen LogP contribution in [-0.4, -0.2) is 36.8 Å². The number of carbonyl (C=O) groups excluding carboxylic acids is 1. The van der Waals surface area contributed by atoms with E-state index in [0.717, 1.165) is 44.3 Å². The van der Waals surface area contributed by atoms with Crippen molar-refractivity contribution in [3.63, 3.8) is 0 Å². The minimum absolute atomic E-state index is 0.173. The third-order valence-corrected chi connectivity index (χ3v) is 6.20. The number of ether oxygens (including phenoxy) is 2. The molecule has 2 unspecified atom stereocenters. The Morgan fingerprint density at radius 3 is 3.00 bits per heavy atom. The molecule has 0 saturated carbocycles. The van der Waals surface area contributed by atoms with Crippen LogP contribution >= 0.6 is 0 Å². The first-order chi connectivity index (χ1) is 13.2. The predicted molar refractivity (Wildman–Crippen MR) is 106 cm³/mol. The van der Waals surface area contributed by atoms with E-state index in [4.69, 9.17) is 9.47 Å². The molecule has 2 aliphatic rings. The zero-order valence-electron chi connectivity index (χ0n) is 16.4. The Hall–Kier alpha value is -1.85. The number of fused-ring (bicyclic) bond motifs is 3. The molecule has 0 bridgehead atoms. The molecule has 2 aromatic rings. The molecule has 0 aliphatic carbocycles. The van der Waals surface area contributed by atoms with Gasteiger partial charge in [0.05, 0.1) is 18.7 Å². The normalized spacial score (nSPS) is 24.9. The van der Waals surface area contributed by atoms with Crippen LogP contribution < -0.4 is 5.32 Å². The Morgan fingerprint density at radius 2 is 2.26 bits per heavy atom. The average molecular weight is 370 g/mol. The number of nitrogens with one attached hydrogen (secondary N) is 2. The molecule has 5 nitrogen and oxygen atoms in total. The van der Waals surface area contributed by atoms with Crippen molar-refractivity contribution in [2.75, 3.05) is 19.8 Å². The maximum absolute atomic E-state index is 12.6. The highest BCUT2D eigenvalue weighted by molar-refractivity contribution is 5.88. The number of para-hydroxylation sites is 1. The van der Waals surface area contributed by atoms with Gasteiger partial charge in [0.25, 0.3) is 0 Å². The Morgan fingerprint density at radius 1 is 1.37 bits per heavy atom. The summed E-state index contributed by atoms with van der Waals surface area (Å²) in [6.45, 7) is 6.38. The molecule has 4 rings (SSSR count). The van der Waals surface area contributed by atoms with Gasteiger partial charge in [-0.25, -0.2) is 0 Å². The number of H-pyrrole nitrogens is 1. The molecule has 146 valence electrons. The van der Waals surface area contributed by atoms with Crippen molar-refractivity contribution in [2.45, 2.75) is 64.0 Å². The summed E-state index contributed by atoms with van der Waals surface area (Å²) in [5.74, 6) is -0.173. The van der Waals surface area contributed by atoms with Crippen molar-refractivity contribution in [2.24, 2.45) is 0 Å². The van der Waals surface area contributed by atoms with Crippen LogP contribution in [0.25, 0.3) is 10.9 Å². The summed E-state index contributed by atoms with van der Waals surface area (Å²) in [6.07, 6.45) is 5.10. The van der Waals surface area contributed by atoms with Crippen LogP contribution in [0.4, 0.5) is 0 Å². The molecule has 27 heavy (non-hydrogen) atoms. The van der Waals surface area contributed by atoms with Gasteiger partial charge in [0.1, 0.15) is 12.2 Å². The van der Waals surface area contributed by atoms with Gasteiger partial charge in [0.2, 0.25) is 0 Å². The lowest BCUT2D eigenvalue weighted by atomic mass is 9.86. The van der Waals surface area contributed by atoms with Crippen LogP contribution in [0.5, 0.6) is 0 Å². The van der Waals surface area contributed by atoms with Gasteiger partial charge in [-0.2, -0.15) is 0 Å². The van der Waals surface area contributed by atoms with Gasteiger partial charge in [-0.3, -0.25) is 4.79 Å². The first-order valence-corrected chi connectivity index (χ1v) is 10.3. The summed E-state index contributed by atoms with van der Waals surface area (Å²) < 4.78 is 11.8. The van der Waals surface area contributed by atoms with Crippen LogP contribution in [0.3, 0.4) is 0 Å². The average Bonchev–Trinajstić information content (AvgIpc) is 3.34. The van der Waals surface area contributed by atoms with Crippen LogP contribution in [0, 0.1) is 0 Å². The van der Waals surface area contributed by atoms with Gasteiger partial charge in [-0.1, -0.05) is 32.0 Å². The molecule has 2 aliphatic heterocycles. The number of aromatic amines is 1. The van der Waals surface area contributed by atoms with E-state index in [9.17, 15) is 4.79 Å². The monoisotopic (exact) mass is 370 g/mol. The van der Waals surface area contributed by atoms with Gasteiger partial charge >= 0.3 is 5.97 Å². The summed E-state index contributed by atoms with van der Waals surface area (Å²) in [4.78, 5) is 16.3. The fourth-order valence-corrected chi connectivity index (χ4v) is 4.62. The largest absolute Gasteiger partial charge is 0.464 e. The third kappa shape index (κ3) is 3.39. The van der Waals surface area contributed by atoms with E-state index < -0.39 is 5.60 Å². The highest BCUT2D eigenvalue weighted by atomic mass is 16.5. The van der Waals surface area contributed by atoms with Crippen molar-refractivity contribution in [3.8, 4) is 0 Å². The first kappa shape index (κ1) is 18.5. The van der Waals surface area contributed by atoms with E-state index >= 15 is 0 Å². The van der Waals surface area contributed by atoms with E-state index in [0.29, 0.717) is 19.3 Å². The summed E-state index contributed by atoms with van der Waals surface area (Å²) in [6, 6.07) is 6.78. The van der Waals surface area contributed by atoms with Crippen molar-refractivity contribution in [1.82, 2.24) is 10.3 Å². The summed E-state index contributed by atoms with van der Waals surface area (Å²) >= 11 is 0. The number of aryl methyl sites for hydroxylation is 1. The fraction of sp³-hybridized carbons (Fsp3) is 0.591. The topological polar surface area (TPSA) is 63.4 Å². The van der Waals surface area contributed by atoms with Crippen molar-refractivity contribution in [3.05, 3.63) is 35.0 Å². The maximum Gasteiger partial charge on any atom is 0.309 e. The lowest BCUT2D eigenvalue weighted by Crippen LogP contribution is -2.38. The minimum Gasteiger partial charge on any atom is -0.464 e. The summed E-state index contributed by atoms with van der Waals surface area (Å²) in [7, 11) is 0. The first-order valence-electron chi connectivity index (χ1n) is 10.3. The quantitative estimate of drug-likeness (QED) is 0.763.